The van der Waals surface area contributed by atoms with E-state index in [0.717, 1.165) is 32.9 Å². The van der Waals surface area contributed by atoms with E-state index >= 15 is 0 Å². The molecule has 5 nitrogen and oxygen atoms in total. The van der Waals surface area contributed by atoms with Crippen LogP contribution in [0.3, 0.4) is 0 Å². The molecule has 1 N–H and O–H groups in total. The van der Waals surface area contributed by atoms with Gasteiger partial charge in [0.2, 0.25) is 0 Å². The summed E-state index contributed by atoms with van der Waals surface area (Å²) in [7, 11) is 0. The summed E-state index contributed by atoms with van der Waals surface area (Å²) in [5, 5.41) is 13.5. The fourth-order valence-corrected chi connectivity index (χ4v) is 4.16. The van der Waals surface area contributed by atoms with Crippen molar-refractivity contribution < 1.29 is 4.79 Å². The molecule has 31 heavy (non-hydrogen) atoms. The van der Waals surface area contributed by atoms with Gasteiger partial charge in [-0.05, 0) is 42.7 Å². The molecule has 1 heterocycles. The number of halogens is 1. The highest BCUT2D eigenvalue weighted by Crippen LogP contribution is 2.28. The van der Waals surface area contributed by atoms with E-state index in [2.05, 4.69) is 35.9 Å². The Morgan fingerprint density at radius 2 is 1.84 bits per heavy atom. The Morgan fingerprint density at radius 3 is 2.45 bits per heavy atom. The number of allylic oxidation sites excluding steroid dienone is 1. The summed E-state index contributed by atoms with van der Waals surface area (Å²) in [6.45, 7) is 10.6. The third-order valence-electron chi connectivity index (χ3n) is 4.88. The minimum Gasteiger partial charge on any atom is -0.342 e. The summed E-state index contributed by atoms with van der Waals surface area (Å²) >= 11 is 7.58. The number of rotatable bonds is 9. The first-order valence-corrected chi connectivity index (χ1v) is 11.5. The van der Waals surface area contributed by atoms with Crippen molar-refractivity contribution in [3.8, 4) is 0 Å². The Morgan fingerprint density at radius 1 is 1.16 bits per heavy atom. The van der Waals surface area contributed by atoms with Gasteiger partial charge in [0.25, 0.3) is 5.91 Å². The highest BCUT2D eigenvalue weighted by molar-refractivity contribution is 7.98. The summed E-state index contributed by atoms with van der Waals surface area (Å²) in [5.74, 6) is 1.49. The monoisotopic (exact) mass is 454 g/mol. The zero-order chi connectivity index (χ0) is 22.4. The topological polar surface area (TPSA) is 59.8 Å². The van der Waals surface area contributed by atoms with Crippen molar-refractivity contribution >= 4 is 29.3 Å². The molecule has 1 amide bonds. The Bertz CT molecular complexity index is 1030. The van der Waals surface area contributed by atoms with Crippen molar-refractivity contribution in [2.24, 2.45) is 5.92 Å². The number of hydrogen-bond donors (Lipinski definition) is 1. The van der Waals surface area contributed by atoms with E-state index in [1.54, 1.807) is 11.8 Å². The number of nitrogens with one attached hydrogen (secondary N) is 1. The SMILES string of the molecule is C=CCn1c(SCc2ccc(Cl)cc2)nnc1[C@@H](NC(=O)c1ccc(C)cc1)C(C)C. The number of carbonyl (C=O) groups excluding carboxylic acids is 1. The summed E-state index contributed by atoms with van der Waals surface area (Å²) in [5.41, 5.74) is 2.89. The van der Waals surface area contributed by atoms with Crippen molar-refractivity contribution in [3.05, 3.63) is 88.7 Å². The van der Waals surface area contributed by atoms with Gasteiger partial charge in [0, 0.05) is 22.9 Å². The molecule has 1 atom stereocenters. The Labute approximate surface area is 192 Å². The molecule has 0 bridgehead atoms. The molecular formula is C24H27ClN4OS. The van der Waals surface area contributed by atoms with Crippen LogP contribution in [0, 0.1) is 12.8 Å². The summed E-state index contributed by atoms with van der Waals surface area (Å²) < 4.78 is 2.02. The number of aromatic nitrogens is 3. The second-order valence-electron chi connectivity index (χ2n) is 7.72. The maximum absolute atomic E-state index is 12.9. The van der Waals surface area contributed by atoms with E-state index in [-0.39, 0.29) is 17.9 Å². The smallest absolute Gasteiger partial charge is 0.251 e. The molecule has 3 rings (SSSR count). The molecule has 0 unspecified atom stereocenters. The lowest BCUT2D eigenvalue weighted by Gasteiger charge is -2.22. The van der Waals surface area contributed by atoms with E-state index in [0.29, 0.717) is 12.1 Å². The van der Waals surface area contributed by atoms with Gasteiger partial charge in [-0.15, -0.1) is 16.8 Å². The molecule has 0 radical (unpaired) electrons. The third-order valence-corrected chi connectivity index (χ3v) is 6.17. The normalized spacial score (nSPS) is 12.0. The van der Waals surface area contributed by atoms with Gasteiger partial charge in [-0.2, -0.15) is 0 Å². The van der Waals surface area contributed by atoms with Crippen molar-refractivity contribution in [2.45, 2.75) is 44.3 Å². The number of carbonyl (C=O) groups is 1. The maximum Gasteiger partial charge on any atom is 0.251 e. The van der Waals surface area contributed by atoms with Crippen LogP contribution in [-0.2, 0) is 12.3 Å². The molecule has 2 aromatic carbocycles. The number of thioether (sulfide) groups is 1. The number of amides is 1. The van der Waals surface area contributed by atoms with E-state index < -0.39 is 0 Å². The molecule has 1 aromatic heterocycles. The number of benzene rings is 2. The van der Waals surface area contributed by atoms with Gasteiger partial charge in [0.1, 0.15) is 0 Å². The molecule has 0 saturated heterocycles. The van der Waals surface area contributed by atoms with Crippen molar-refractivity contribution in [1.29, 1.82) is 0 Å². The molecular weight excluding hydrogens is 428 g/mol. The third kappa shape index (κ3) is 5.99. The number of nitrogens with zero attached hydrogens (tertiary/aromatic N) is 3. The first kappa shape index (κ1) is 23.1. The Balaban J connectivity index is 1.82. The van der Waals surface area contributed by atoms with Gasteiger partial charge >= 0.3 is 0 Å². The summed E-state index contributed by atoms with van der Waals surface area (Å²) in [6, 6.07) is 15.0. The zero-order valence-corrected chi connectivity index (χ0v) is 19.6. The molecule has 7 heteroatoms. The molecule has 3 aromatic rings. The minimum absolute atomic E-state index is 0.123. The number of hydrogen-bond acceptors (Lipinski definition) is 4. The lowest BCUT2D eigenvalue weighted by Crippen LogP contribution is -2.33. The van der Waals surface area contributed by atoms with Gasteiger partial charge in [-0.3, -0.25) is 4.79 Å². The highest BCUT2D eigenvalue weighted by atomic mass is 35.5. The van der Waals surface area contributed by atoms with Crippen LogP contribution in [0.4, 0.5) is 0 Å². The highest BCUT2D eigenvalue weighted by Gasteiger charge is 2.26. The molecule has 0 fully saturated rings. The summed E-state index contributed by atoms with van der Waals surface area (Å²) in [4.78, 5) is 12.9. The van der Waals surface area contributed by atoms with Gasteiger partial charge in [0.05, 0.1) is 6.04 Å². The van der Waals surface area contributed by atoms with Crippen LogP contribution < -0.4 is 5.32 Å². The van der Waals surface area contributed by atoms with Gasteiger partial charge < -0.3 is 9.88 Å². The van der Waals surface area contributed by atoms with E-state index in [1.165, 1.54) is 0 Å². The largest absolute Gasteiger partial charge is 0.342 e. The molecule has 0 aliphatic rings. The standard InChI is InChI=1S/C24H27ClN4OS/c1-5-14-29-22(27-28-24(29)31-15-18-8-12-20(25)13-9-18)21(16(2)3)26-23(30)19-10-6-17(4)7-11-19/h5-13,16,21H,1,14-15H2,2-4H3,(H,26,30)/t21-/m0/s1. The van der Waals surface area contributed by atoms with Crippen molar-refractivity contribution in [3.63, 3.8) is 0 Å². The molecule has 0 aliphatic heterocycles. The van der Waals surface area contributed by atoms with Gasteiger partial charge in [0.15, 0.2) is 11.0 Å². The Kier molecular flexibility index (Phi) is 7.93. The average molecular weight is 455 g/mol. The van der Waals surface area contributed by atoms with Crippen LogP contribution in [0.1, 0.15) is 47.2 Å². The van der Waals surface area contributed by atoms with Gasteiger partial charge in [-0.25, -0.2) is 0 Å². The fourth-order valence-electron chi connectivity index (χ4n) is 3.12. The lowest BCUT2D eigenvalue weighted by atomic mass is 10.0. The fraction of sp³-hybridized carbons (Fsp3) is 0.292. The zero-order valence-electron chi connectivity index (χ0n) is 18.0. The van der Waals surface area contributed by atoms with E-state index in [9.17, 15) is 4.79 Å². The Hall–Kier alpha value is -2.57. The lowest BCUT2D eigenvalue weighted by molar-refractivity contribution is 0.0922. The van der Waals surface area contributed by atoms with Crippen molar-refractivity contribution in [2.75, 3.05) is 0 Å². The van der Waals surface area contributed by atoms with Crippen LogP contribution in [0.25, 0.3) is 0 Å². The number of aryl methyl sites for hydroxylation is 1. The second kappa shape index (κ2) is 10.6. The molecule has 0 aliphatic carbocycles. The van der Waals surface area contributed by atoms with E-state index in [4.69, 9.17) is 11.6 Å². The van der Waals surface area contributed by atoms with E-state index in [1.807, 2.05) is 66.1 Å². The predicted octanol–water partition coefficient (Wildman–Crippen LogP) is 5.85. The van der Waals surface area contributed by atoms with Crippen LogP contribution in [0.5, 0.6) is 0 Å². The first-order chi connectivity index (χ1) is 14.9. The van der Waals surface area contributed by atoms with Crippen LogP contribution in [0.2, 0.25) is 5.02 Å². The summed E-state index contributed by atoms with van der Waals surface area (Å²) in [6.07, 6.45) is 1.82. The first-order valence-electron chi connectivity index (χ1n) is 10.2. The second-order valence-corrected chi connectivity index (χ2v) is 9.10. The van der Waals surface area contributed by atoms with Crippen LogP contribution in [-0.4, -0.2) is 20.7 Å². The van der Waals surface area contributed by atoms with Crippen LogP contribution >= 0.6 is 23.4 Å². The van der Waals surface area contributed by atoms with Crippen LogP contribution in [0.15, 0.2) is 66.3 Å². The predicted molar refractivity (Wildman–Crippen MR) is 127 cm³/mol. The van der Waals surface area contributed by atoms with Crippen molar-refractivity contribution in [1.82, 2.24) is 20.1 Å². The molecule has 0 spiro atoms. The average Bonchev–Trinajstić information content (AvgIpc) is 3.14. The molecule has 162 valence electrons. The van der Waals surface area contributed by atoms with Gasteiger partial charge in [-0.1, -0.05) is 73.1 Å². The molecule has 0 saturated carbocycles. The maximum atomic E-state index is 12.9. The minimum atomic E-state index is -0.272. The quantitative estimate of drug-likeness (QED) is 0.325.